The van der Waals surface area contributed by atoms with Gasteiger partial charge in [-0.05, 0) is 58.2 Å². The SMILES string of the molecule is CC(C)(C)OC(=O)[C@@H]1CC(=O)CN1C(=O)OC(C)(C)C.COC(=O)[C@@H]1CC(=O)CN1.COC(=O)[C@@H]1CC(=O)CN1C(=O)OCc1ccccc1.Cl.O=C(Cl)OCc1ccccc1.O=C(O)[C@@H]1CC2(CN1C(=O)OCc1ccccc1)OCCO2.OCCO. The summed E-state index contributed by atoms with van der Waals surface area (Å²) < 4.78 is 45.3. The summed E-state index contributed by atoms with van der Waals surface area (Å²) in [6.07, 6.45) is -1.68. The van der Waals surface area contributed by atoms with Gasteiger partial charge in [0.25, 0.3) is 0 Å². The second kappa shape index (κ2) is 37.8. The number of hydrogen-bond acceptors (Lipinski definition) is 23. The number of ketones is 3. The Balaban J connectivity index is 0.000000378. The van der Waals surface area contributed by atoms with Gasteiger partial charge >= 0.3 is 47.6 Å². The molecule has 3 aromatic carbocycles. The summed E-state index contributed by atoms with van der Waals surface area (Å²) in [6.45, 7) is 11.5. The minimum Gasteiger partial charge on any atom is -0.480 e. The van der Waals surface area contributed by atoms with Gasteiger partial charge in [0.1, 0.15) is 61.0 Å². The molecule has 5 heterocycles. The third-order valence-electron chi connectivity index (χ3n) is 12.1. The highest BCUT2D eigenvalue weighted by atomic mass is 35.5. The van der Waals surface area contributed by atoms with Crippen LogP contribution in [0.4, 0.5) is 19.2 Å². The molecule has 4 atom stereocenters. The number of aliphatic hydroxyl groups excluding tert-OH is 2. The monoisotopic (exact) mass is 1280 g/mol. The highest BCUT2D eigenvalue weighted by Crippen LogP contribution is 2.35. The number of aliphatic carboxylic acids is 1. The van der Waals surface area contributed by atoms with Crippen LogP contribution in [0.2, 0.25) is 0 Å². The first-order valence-electron chi connectivity index (χ1n) is 27.2. The Kier molecular flexibility index (Phi) is 32.8. The van der Waals surface area contributed by atoms with Crippen molar-refractivity contribution in [2.45, 2.75) is 128 Å². The van der Waals surface area contributed by atoms with E-state index in [1.807, 2.05) is 91.0 Å². The zero-order valence-corrected chi connectivity index (χ0v) is 51.8. The van der Waals surface area contributed by atoms with Gasteiger partial charge in [-0.1, -0.05) is 91.0 Å². The topological polar surface area (TPSA) is 353 Å². The molecule has 486 valence electrons. The average Bonchev–Trinajstić information content (AvgIpc) is 3.29. The van der Waals surface area contributed by atoms with Gasteiger partial charge in [-0.15, -0.1) is 12.4 Å². The fourth-order valence-electron chi connectivity index (χ4n) is 8.21. The smallest absolute Gasteiger partial charge is 0.411 e. The molecule has 3 aromatic rings. The lowest BCUT2D eigenvalue weighted by atomic mass is 10.1. The second-order valence-electron chi connectivity index (χ2n) is 21.3. The predicted molar refractivity (Wildman–Crippen MR) is 312 cm³/mol. The molecule has 5 aliphatic rings. The van der Waals surface area contributed by atoms with Gasteiger partial charge in [0, 0.05) is 37.3 Å². The van der Waals surface area contributed by atoms with Crippen LogP contribution in [-0.4, -0.2) is 203 Å². The summed E-state index contributed by atoms with van der Waals surface area (Å²) in [7, 11) is 2.53. The molecule has 29 heteroatoms. The number of rotatable bonds is 11. The third-order valence-corrected chi connectivity index (χ3v) is 12.2. The summed E-state index contributed by atoms with van der Waals surface area (Å²) in [5.41, 5.74) is 0.491. The van der Waals surface area contributed by atoms with Crippen LogP contribution in [0, 0.1) is 0 Å². The van der Waals surface area contributed by atoms with Crippen molar-refractivity contribution in [1.82, 2.24) is 20.0 Å². The van der Waals surface area contributed by atoms with E-state index >= 15 is 0 Å². The number of methoxy groups -OCH3 is 2. The number of benzene rings is 3. The van der Waals surface area contributed by atoms with Gasteiger partial charge in [0.2, 0.25) is 0 Å². The van der Waals surface area contributed by atoms with Crippen molar-refractivity contribution in [2.75, 3.05) is 66.8 Å². The molecule has 0 bridgehead atoms. The maximum Gasteiger partial charge on any atom is 0.411 e. The molecule has 0 radical (unpaired) electrons. The fourth-order valence-corrected chi connectivity index (χ4v) is 8.26. The maximum absolute atomic E-state index is 12.2. The van der Waals surface area contributed by atoms with Crippen molar-refractivity contribution < 1.29 is 111 Å². The van der Waals surface area contributed by atoms with E-state index in [4.69, 9.17) is 50.2 Å². The Hall–Kier alpha value is -7.79. The minimum absolute atomic E-state index is 0. The number of carboxylic acid groups (broad SMARTS) is 1. The van der Waals surface area contributed by atoms with E-state index in [1.54, 1.807) is 41.5 Å². The van der Waals surface area contributed by atoms with E-state index in [-0.39, 0.29) is 114 Å². The highest BCUT2D eigenvalue weighted by Gasteiger charge is 2.53. The second-order valence-corrected chi connectivity index (χ2v) is 21.7. The Bertz CT molecular complexity index is 2720. The molecule has 5 aliphatic heterocycles. The van der Waals surface area contributed by atoms with Crippen LogP contribution in [0.25, 0.3) is 0 Å². The summed E-state index contributed by atoms with van der Waals surface area (Å²) in [4.78, 5) is 129. The van der Waals surface area contributed by atoms with Crippen LogP contribution in [0.5, 0.6) is 0 Å². The lowest BCUT2D eigenvalue weighted by molar-refractivity contribution is -0.160. The quantitative estimate of drug-likeness (QED) is 0.107. The van der Waals surface area contributed by atoms with Crippen LogP contribution in [0.1, 0.15) is 83.9 Å². The normalized spacial score (nSPS) is 18.7. The summed E-state index contributed by atoms with van der Waals surface area (Å²) in [6, 6.07) is 24.6. The molecule has 5 saturated heterocycles. The van der Waals surface area contributed by atoms with E-state index < -0.39 is 82.8 Å². The number of nitrogens with zero attached hydrogens (tertiary/aromatic N) is 3. The largest absolute Gasteiger partial charge is 0.480 e. The molecule has 1 spiro atoms. The average molecular weight is 1280 g/mol. The molecule has 4 N–H and O–H groups in total. The number of carbonyl (C=O) groups is 11. The Morgan fingerprint density at radius 1 is 0.568 bits per heavy atom. The molecule has 3 amide bonds. The lowest BCUT2D eigenvalue weighted by Gasteiger charge is -2.29. The number of aliphatic hydroxyl groups is 2. The van der Waals surface area contributed by atoms with Crippen LogP contribution >= 0.6 is 24.0 Å². The van der Waals surface area contributed by atoms with Gasteiger partial charge in [-0.25, -0.2) is 33.6 Å². The van der Waals surface area contributed by atoms with Crippen LogP contribution in [0.15, 0.2) is 91.0 Å². The summed E-state index contributed by atoms with van der Waals surface area (Å²) >= 11 is 4.97. The van der Waals surface area contributed by atoms with Crippen molar-refractivity contribution >= 4 is 88.9 Å². The van der Waals surface area contributed by atoms with E-state index in [0.717, 1.165) is 31.4 Å². The first kappa shape index (κ1) is 76.3. The van der Waals surface area contributed by atoms with Gasteiger partial charge in [0.15, 0.2) is 17.4 Å². The molecule has 0 saturated carbocycles. The zero-order valence-electron chi connectivity index (χ0n) is 50.2. The number of hydrogen-bond donors (Lipinski definition) is 4. The third kappa shape index (κ3) is 27.5. The standard InChI is InChI=1S/C15H17NO6.C14H15NO5.C14H23NO5.C8H7ClO2.C6H9NO3.C2H6O2.ClH/c17-13(18)12-8-15(21-6-7-22-15)10-16(12)14(19)20-9-11-4-2-1-3-5-11;1-19-13(17)12-7-11(16)8-15(12)14(18)20-9-10-5-3-2-4-6-10;1-13(2,3)19-11(17)10-7-9(16)8-15(10)12(18)20-14(4,5)6;9-8(10)11-6-7-4-2-1-3-5-7;1-10-6(9)5-2-4(8)3-7-5;3-1-2-4;/h1-5,12H,6-10H2,(H,17,18);2-6,12H,7-9H2,1H3;10H,7-8H2,1-6H3;1-5H,6H2;5,7H,2-3H2,1H3;3-4H,1-2H2;1H/t2*12-;10-;;5-;;/m000.0../s1. The number of amides is 3. The number of Topliss-reactive ketones (excluding diaryl/α,β-unsaturated/α-hetero) is 3. The maximum atomic E-state index is 12.2. The number of esters is 3. The van der Waals surface area contributed by atoms with Crippen molar-refractivity contribution in [1.29, 1.82) is 0 Å². The molecule has 5 fully saturated rings. The molecule has 0 unspecified atom stereocenters. The Morgan fingerprint density at radius 3 is 1.35 bits per heavy atom. The number of nitrogens with one attached hydrogen (secondary N) is 1. The Labute approximate surface area is 520 Å². The van der Waals surface area contributed by atoms with E-state index in [0.29, 0.717) is 19.8 Å². The fraction of sp³-hybridized carbons (Fsp3) is 0.508. The van der Waals surface area contributed by atoms with Crippen LogP contribution in [-0.2, 0) is 96.0 Å². The molecule has 88 heavy (non-hydrogen) atoms. The molecule has 27 nitrogen and oxygen atoms in total. The Morgan fingerprint density at radius 2 is 0.977 bits per heavy atom. The first-order valence-corrected chi connectivity index (χ1v) is 27.6. The molecular weight excluding hydrogens is 1200 g/mol. The lowest BCUT2D eigenvalue weighted by Crippen LogP contribution is -2.45. The summed E-state index contributed by atoms with van der Waals surface area (Å²) in [5.74, 6) is -3.92. The molecule has 0 aliphatic carbocycles. The number of carboxylic acids is 1. The summed E-state index contributed by atoms with van der Waals surface area (Å²) in [5, 5.41) is 27.3. The number of likely N-dealkylation sites (tertiary alicyclic amines) is 3. The van der Waals surface area contributed by atoms with Crippen LogP contribution < -0.4 is 5.32 Å². The first-order chi connectivity index (χ1) is 41.0. The van der Waals surface area contributed by atoms with Crippen LogP contribution in [0.3, 0.4) is 0 Å². The van der Waals surface area contributed by atoms with Gasteiger partial charge < -0.3 is 58.0 Å². The minimum atomic E-state index is -1.09. The van der Waals surface area contributed by atoms with Crippen molar-refractivity contribution in [3.8, 4) is 0 Å². The number of ether oxygens (including phenoxy) is 9. The molecular formula is C59H78Cl2N4O23. The number of carbonyl (C=O) groups excluding carboxylic acids is 10. The van der Waals surface area contributed by atoms with Gasteiger partial charge in [-0.3, -0.25) is 39.2 Å². The predicted octanol–water partition coefficient (Wildman–Crippen LogP) is 5.32. The molecule has 8 rings (SSSR count). The van der Waals surface area contributed by atoms with E-state index in [2.05, 4.69) is 19.5 Å². The van der Waals surface area contributed by atoms with Crippen molar-refractivity contribution in [3.63, 3.8) is 0 Å². The van der Waals surface area contributed by atoms with E-state index in [1.165, 1.54) is 14.2 Å². The van der Waals surface area contributed by atoms with Crippen molar-refractivity contribution in [3.05, 3.63) is 108 Å². The molecule has 0 aromatic heterocycles. The highest BCUT2D eigenvalue weighted by molar-refractivity contribution is 6.61. The zero-order chi connectivity index (χ0) is 64.9. The van der Waals surface area contributed by atoms with Gasteiger partial charge in [-0.2, -0.15) is 0 Å². The number of halogens is 2. The van der Waals surface area contributed by atoms with Crippen molar-refractivity contribution in [2.24, 2.45) is 0 Å². The van der Waals surface area contributed by atoms with Gasteiger partial charge in [0.05, 0.1) is 66.8 Å². The van der Waals surface area contributed by atoms with E-state index in [9.17, 15) is 57.8 Å².